The lowest BCUT2D eigenvalue weighted by atomic mass is 10.2. The van der Waals surface area contributed by atoms with Crippen LogP contribution < -0.4 is 14.4 Å². The Morgan fingerprint density at radius 1 is 1.05 bits per heavy atom. The molecule has 0 bridgehead atoms. The molecule has 0 fully saturated rings. The second-order valence-corrected chi connectivity index (χ2v) is 4.64. The fourth-order valence-corrected chi connectivity index (χ4v) is 1.84. The van der Waals surface area contributed by atoms with Gasteiger partial charge in [0.2, 0.25) is 0 Å². The normalized spacial score (nSPS) is 9.91. The maximum atomic E-state index is 12.1. The summed E-state index contributed by atoms with van der Waals surface area (Å²) >= 11 is 0. The zero-order chi connectivity index (χ0) is 15.9. The highest BCUT2D eigenvalue weighted by atomic mass is 16.5. The standard InChI is InChI=1S/C17H17NO4/c1-3-18(2)14-6-4-13(5-7-14)17(20)22-16-10-8-15(9-11-16)21-12-19/h4-12H,3H2,1-2H3. The first-order valence-corrected chi connectivity index (χ1v) is 6.87. The van der Waals surface area contributed by atoms with Gasteiger partial charge in [0.1, 0.15) is 11.5 Å². The molecular weight excluding hydrogens is 282 g/mol. The summed E-state index contributed by atoms with van der Waals surface area (Å²) < 4.78 is 9.93. The van der Waals surface area contributed by atoms with Crippen molar-refractivity contribution in [3.8, 4) is 11.5 Å². The molecule has 0 N–H and O–H groups in total. The first-order chi connectivity index (χ1) is 10.6. The van der Waals surface area contributed by atoms with Crippen molar-refractivity contribution in [2.75, 3.05) is 18.5 Å². The van der Waals surface area contributed by atoms with Crippen LogP contribution in [0.15, 0.2) is 48.5 Å². The Bertz CT molecular complexity index is 635. The van der Waals surface area contributed by atoms with Crippen LogP contribution in [-0.2, 0) is 4.79 Å². The highest BCUT2D eigenvalue weighted by Crippen LogP contribution is 2.19. The molecule has 0 saturated heterocycles. The van der Waals surface area contributed by atoms with Crippen molar-refractivity contribution in [3.63, 3.8) is 0 Å². The van der Waals surface area contributed by atoms with Crippen molar-refractivity contribution in [1.82, 2.24) is 0 Å². The number of benzene rings is 2. The summed E-state index contributed by atoms with van der Waals surface area (Å²) in [5.74, 6) is 0.342. The van der Waals surface area contributed by atoms with Gasteiger partial charge in [-0.25, -0.2) is 4.79 Å². The van der Waals surface area contributed by atoms with E-state index < -0.39 is 5.97 Å². The van der Waals surface area contributed by atoms with Gasteiger partial charge < -0.3 is 14.4 Å². The lowest BCUT2D eigenvalue weighted by Gasteiger charge is -2.16. The topological polar surface area (TPSA) is 55.8 Å². The van der Waals surface area contributed by atoms with Crippen molar-refractivity contribution < 1.29 is 19.1 Å². The fourth-order valence-electron chi connectivity index (χ4n) is 1.84. The van der Waals surface area contributed by atoms with Crippen LogP contribution in [0.1, 0.15) is 17.3 Å². The molecule has 0 atom stereocenters. The zero-order valence-electron chi connectivity index (χ0n) is 12.5. The number of ether oxygens (including phenoxy) is 2. The molecule has 0 unspecified atom stereocenters. The van der Waals surface area contributed by atoms with E-state index in [-0.39, 0.29) is 0 Å². The van der Waals surface area contributed by atoms with Crippen LogP contribution in [-0.4, -0.2) is 26.0 Å². The van der Waals surface area contributed by atoms with Gasteiger partial charge in [0.05, 0.1) is 5.56 Å². The summed E-state index contributed by atoms with van der Waals surface area (Å²) in [6.07, 6.45) is 0. The smallest absolute Gasteiger partial charge is 0.343 e. The van der Waals surface area contributed by atoms with E-state index >= 15 is 0 Å². The fraction of sp³-hybridized carbons (Fsp3) is 0.176. The number of hydrogen-bond donors (Lipinski definition) is 0. The van der Waals surface area contributed by atoms with Crippen molar-refractivity contribution in [3.05, 3.63) is 54.1 Å². The van der Waals surface area contributed by atoms with Crippen LogP contribution in [0, 0.1) is 0 Å². The Morgan fingerprint density at radius 3 is 2.18 bits per heavy atom. The summed E-state index contributed by atoms with van der Waals surface area (Å²) in [7, 11) is 1.98. The predicted molar refractivity (Wildman–Crippen MR) is 83.5 cm³/mol. The summed E-state index contributed by atoms with van der Waals surface area (Å²) in [5.41, 5.74) is 1.51. The van der Waals surface area contributed by atoms with Crippen LogP contribution in [0.25, 0.3) is 0 Å². The molecule has 5 nitrogen and oxygen atoms in total. The molecule has 2 aromatic rings. The molecule has 2 aromatic carbocycles. The van der Waals surface area contributed by atoms with Gasteiger partial charge in [-0.3, -0.25) is 4.79 Å². The monoisotopic (exact) mass is 299 g/mol. The quantitative estimate of drug-likeness (QED) is 0.466. The molecule has 2 rings (SSSR count). The molecule has 0 amide bonds. The van der Waals surface area contributed by atoms with Crippen molar-refractivity contribution in [2.24, 2.45) is 0 Å². The molecule has 5 heteroatoms. The minimum absolute atomic E-state index is 0.343. The molecule has 0 aromatic heterocycles. The molecule has 0 radical (unpaired) electrons. The van der Waals surface area contributed by atoms with Gasteiger partial charge in [-0.1, -0.05) is 0 Å². The Morgan fingerprint density at radius 2 is 1.64 bits per heavy atom. The highest BCUT2D eigenvalue weighted by Gasteiger charge is 2.09. The van der Waals surface area contributed by atoms with Crippen LogP contribution >= 0.6 is 0 Å². The molecule has 0 spiro atoms. The third kappa shape index (κ3) is 3.85. The minimum Gasteiger partial charge on any atom is -0.429 e. The Kier molecular flexibility index (Phi) is 5.14. The lowest BCUT2D eigenvalue weighted by molar-refractivity contribution is -0.120. The van der Waals surface area contributed by atoms with Crippen molar-refractivity contribution in [1.29, 1.82) is 0 Å². The Labute approximate surface area is 129 Å². The van der Waals surface area contributed by atoms with Crippen molar-refractivity contribution in [2.45, 2.75) is 6.92 Å². The average molecular weight is 299 g/mol. The van der Waals surface area contributed by atoms with E-state index in [1.54, 1.807) is 36.4 Å². The van der Waals surface area contributed by atoms with E-state index in [2.05, 4.69) is 16.6 Å². The van der Waals surface area contributed by atoms with Crippen LogP contribution in [0.3, 0.4) is 0 Å². The van der Waals surface area contributed by atoms with E-state index in [1.807, 2.05) is 19.2 Å². The maximum absolute atomic E-state index is 12.1. The first kappa shape index (κ1) is 15.6. The van der Waals surface area contributed by atoms with Gasteiger partial charge >= 0.3 is 5.97 Å². The van der Waals surface area contributed by atoms with Crippen LogP contribution in [0.5, 0.6) is 11.5 Å². The maximum Gasteiger partial charge on any atom is 0.343 e. The molecular formula is C17H17NO4. The van der Waals surface area contributed by atoms with Gasteiger partial charge in [0, 0.05) is 19.3 Å². The van der Waals surface area contributed by atoms with E-state index in [0.29, 0.717) is 23.5 Å². The number of esters is 1. The van der Waals surface area contributed by atoms with Gasteiger partial charge in [0.25, 0.3) is 6.47 Å². The third-order valence-corrected chi connectivity index (χ3v) is 3.24. The van der Waals surface area contributed by atoms with Crippen molar-refractivity contribution >= 4 is 18.1 Å². The number of nitrogens with zero attached hydrogens (tertiary/aromatic N) is 1. The largest absolute Gasteiger partial charge is 0.429 e. The number of carbonyl (C=O) groups is 2. The Balaban J connectivity index is 2.03. The van der Waals surface area contributed by atoms with E-state index in [0.717, 1.165) is 12.2 Å². The lowest BCUT2D eigenvalue weighted by Crippen LogP contribution is -2.16. The molecule has 0 aliphatic heterocycles. The molecule has 0 aliphatic carbocycles. The number of rotatable bonds is 6. The summed E-state index contributed by atoms with van der Waals surface area (Å²) in [5, 5.41) is 0. The summed E-state index contributed by atoms with van der Waals surface area (Å²) in [4.78, 5) is 24.3. The van der Waals surface area contributed by atoms with E-state index in [9.17, 15) is 9.59 Å². The van der Waals surface area contributed by atoms with Gasteiger partial charge in [-0.05, 0) is 55.5 Å². The molecule has 22 heavy (non-hydrogen) atoms. The second-order valence-electron chi connectivity index (χ2n) is 4.64. The summed E-state index contributed by atoms with van der Waals surface area (Å²) in [6.45, 7) is 3.29. The predicted octanol–water partition coefficient (Wildman–Crippen LogP) is 2.90. The molecule has 114 valence electrons. The minimum atomic E-state index is -0.435. The first-order valence-electron chi connectivity index (χ1n) is 6.87. The third-order valence-electron chi connectivity index (χ3n) is 3.24. The second kappa shape index (κ2) is 7.26. The van der Waals surface area contributed by atoms with Crippen LogP contribution in [0.4, 0.5) is 5.69 Å². The molecule has 0 aliphatic rings. The van der Waals surface area contributed by atoms with Gasteiger partial charge in [-0.2, -0.15) is 0 Å². The SMILES string of the molecule is CCN(C)c1ccc(C(=O)Oc2ccc(OC=O)cc2)cc1. The van der Waals surface area contributed by atoms with Gasteiger partial charge in [0.15, 0.2) is 0 Å². The molecule has 0 heterocycles. The van der Waals surface area contributed by atoms with Gasteiger partial charge in [-0.15, -0.1) is 0 Å². The summed E-state index contributed by atoms with van der Waals surface area (Å²) in [6, 6.07) is 13.4. The Hall–Kier alpha value is -2.82. The number of anilines is 1. The number of hydrogen-bond acceptors (Lipinski definition) is 5. The number of carbonyl (C=O) groups excluding carboxylic acids is 2. The molecule has 0 saturated carbocycles. The highest BCUT2D eigenvalue weighted by molar-refractivity contribution is 5.91. The van der Waals surface area contributed by atoms with Crippen LogP contribution in [0.2, 0.25) is 0 Å². The zero-order valence-corrected chi connectivity index (χ0v) is 12.5. The average Bonchev–Trinajstić information content (AvgIpc) is 2.56. The van der Waals surface area contributed by atoms with E-state index in [1.165, 1.54) is 0 Å². The van der Waals surface area contributed by atoms with E-state index in [4.69, 9.17) is 4.74 Å².